The van der Waals surface area contributed by atoms with Crippen molar-refractivity contribution in [2.75, 3.05) is 23.7 Å². The van der Waals surface area contributed by atoms with Crippen LogP contribution in [0.3, 0.4) is 0 Å². The molecule has 2 aromatic heterocycles. The highest BCUT2D eigenvalue weighted by Crippen LogP contribution is 2.11. The van der Waals surface area contributed by atoms with Crippen molar-refractivity contribution in [3.05, 3.63) is 48.0 Å². The Kier molecular flexibility index (Phi) is 4.72. The zero-order valence-corrected chi connectivity index (χ0v) is 11.5. The van der Waals surface area contributed by atoms with E-state index in [1.807, 2.05) is 38.4 Å². The van der Waals surface area contributed by atoms with Crippen molar-refractivity contribution in [1.29, 1.82) is 0 Å². The monoisotopic (exact) mass is 256 g/mol. The standard InChI is InChI=1S/C15H20N4/c1-12-14(6-3-8-16-12)18-10-5-11-19-15-7-4-9-17-13(15)2/h3-4,6-9,18-19H,5,10-11H2,1-2H3. The van der Waals surface area contributed by atoms with Gasteiger partial charge in [-0.3, -0.25) is 9.97 Å². The smallest absolute Gasteiger partial charge is 0.0603 e. The van der Waals surface area contributed by atoms with Crippen molar-refractivity contribution in [1.82, 2.24) is 9.97 Å². The van der Waals surface area contributed by atoms with E-state index in [1.54, 1.807) is 0 Å². The lowest BCUT2D eigenvalue weighted by Crippen LogP contribution is -2.10. The minimum Gasteiger partial charge on any atom is -0.384 e. The summed E-state index contributed by atoms with van der Waals surface area (Å²) >= 11 is 0. The number of hydrogen-bond donors (Lipinski definition) is 2. The topological polar surface area (TPSA) is 49.8 Å². The summed E-state index contributed by atoms with van der Waals surface area (Å²) in [4.78, 5) is 8.50. The average molecular weight is 256 g/mol. The number of anilines is 2. The SMILES string of the molecule is Cc1ncccc1NCCCNc1cccnc1C. The van der Waals surface area contributed by atoms with E-state index in [9.17, 15) is 0 Å². The molecule has 2 aromatic rings. The first kappa shape index (κ1) is 13.3. The molecule has 0 fully saturated rings. The van der Waals surface area contributed by atoms with Gasteiger partial charge in [-0.1, -0.05) is 0 Å². The van der Waals surface area contributed by atoms with Gasteiger partial charge in [-0.25, -0.2) is 0 Å². The summed E-state index contributed by atoms with van der Waals surface area (Å²) in [7, 11) is 0. The number of pyridine rings is 2. The minimum absolute atomic E-state index is 0.929. The summed E-state index contributed by atoms with van der Waals surface area (Å²) in [6.45, 7) is 5.89. The summed E-state index contributed by atoms with van der Waals surface area (Å²) in [5.41, 5.74) is 4.30. The van der Waals surface area contributed by atoms with Crippen LogP contribution >= 0.6 is 0 Å². The highest BCUT2D eigenvalue weighted by molar-refractivity contribution is 5.47. The van der Waals surface area contributed by atoms with E-state index in [4.69, 9.17) is 0 Å². The van der Waals surface area contributed by atoms with Crippen LogP contribution in [-0.2, 0) is 0 Å². The van der Waals surface area contributed by atoms with Crippen LogP contribution < -0.4 is 10.6 Å². The molecular formula is C15H20N4. The highest BCUT2D eigenvalue weighted by atomic mass is 14.9. The third kappa shape index (κ3) is 3.95. The van der Waals surface area contributed by atoms with Gasteiger partial charge in [0.15, 0.2) is 0 Å². The van der Waals surface area contributed by atoms with Gasteiger partial charge < -0.3 is 10.6 Å². The molecule has 0 atom stereocenters. The number of nitrogens with one attached hydrogen (secondary N) is 2. The van der Waals surface area contributed by atoms with Gasteiger partial charge in [0.25, 0.3) is 0 Å². The first-order valence-electron chi connectivity index (χ1n) is 6.58. The van der Waals surface area contributed by atoms with E-state index in [2.05, 4.69) is 32.7 Å². The van der Waals surface area contributed by atoms with E-state index in [-0.39, 0.29) is 0 Å². The second kappa shape index (κ2) is 6.73. The molecule has 0 spiro atoms. The van der Waals surface area contributed by atoms with Crippen LogP contribution in [0.1, 0.15) is 17.8 Å². The number of aromatic nitrogens is 2. The van der Waals surface area contributed by atoms with Gasteiger partial charge in [0, 0.05) is 25.5 Å². The molecule has 0 aromatic carbocycles. The van der Waals surface area contributed by atoms with E-state index >= 15 is 0 Å². The number of aryl methyl sites for hydroxylation is 2. The van der Waals surface area contributed by atoms with Crippen molar-refractivity contribution in [3.63, 3.8) is 0 Å². The molecule has 0 amide bonds. The molecule has 0 saturated carbocycles. The summed E-state index contributed by atoms with van der Waals surface area (Å²) in [6, 6.07) is 8.02. The first-order chi connectivity index (χ1) is 9.27. The molecule has 2 N–H and O–H groups in total. The first-order valence-corrected chi connectivity index (χ1v) is 6.58. The number of hydrogen-bond acceptors (Lipinski definition) is 4. The summed E-state index contributed by atoms with van der Waals surface area (Å²) in [6.07, 6.45) is 4.67. The van der Waals surface area contributed by atoms with Crippen LogP contribution in [0.2, 0.25) is 0 Å². The summed E-state index contributed by atoms with van der Waals surface area (Å²) in [5.74, 6) is 0. The van der Waals surface area contributed by atoms with Crippen LogP contribution in [-0.4, -0.2) is 23.1 Å². The van der Waals surface area contributed by atoms with Gasteiger partial charge in [-0.15, -0.1) is 0 Å². The molecule has 19 heavy (non-hydrogen) atoms. The fourth-order valence-corrected chi connectivity index (χ4v) is 1.88. The molecule has 0 radical (unpaired) electrons. The van der Waals surface area contributed by atoms with E-state index in [0.717, 1.165) is 42.3 Å². The maximum Gasteiger partial charge on any atom is 0.0603 e. The molecule has 2 heterocycles. The molecule has 0 aliphatic carbocycles. The van der Waals surface area contributed by atoms with E-state index in [1.165, 1.54) is 0 Å². The van der Waals surface area contributed by atoms with Gasteiger partial charge in [0.05, 0.1) is 22.8 Å². The Morgan fingerprint density at radius 1 is 0.842 bits per heavy atom. The second-order valence-corrected chi connectivity index (χ2v) is 4.48. The molecule has 0 aliphatic rings. The van der Waals surface area contributed by atoms with Gasteiger partial charge in [-0.05, 0) is 44.5 Å². The fourth-order valence-electron chi connectivity index (χ4n) is 1.88. The summed E-state index contributed by atoms with van der Waals surface area (Å²) in [5, 5.41) is 6.79. The van der Waals surface area contributed by atoms with Crippen LogP contribution in [0.4, 0.5) is 11.4 Å². The Morgan fingerprint density at radius 3 is 1.74 bits per heavy atom. The molecule has 0 aliphatic heterocycles. The average Bonchev–Trinajstić information content (AvgIpc) is 2.42. The predicted octanol–water partition coefficient (Wildman–Crippen LogP) is 3.01. The maximum atomic E-state index is 4.25. The van der Waals surface area contributed by atoms with Gasteiger partial charge in [0.1, 0.15) is 0 Å². The summed E-state index contributed by atoms with van der Waals surface area (Å²) < 4.78 is 0. The lowest BCUT2D eigenvalue weighted by Gasteiger charge is -2.10. The quantitative estimate of drug-likeness (QED) is 0.780. The third-order valence-electron chi connectivity index (χ3n) is 3.00. The Labute approximate surface area is 114 Å². The van der Waals surface area contributed by atoms with Gasteiger partial charge in [-0.2, -0.15) is 0 Å². The van der Waals surface area contributed by atoms with Crippen LogP contribution in [0.5, 0.6) is 0 Å². The zero-order chi connectivity index (χ0) is 13.5. The van der Waals surface area contributed by atoms with Crippen molar-refractivity contribution < 1.29 is 0 Å². The van der Waals surface area contributed by atoms with Crippen LogP contribution in [0.15, 0.2) is 36.7 Å². The van der Waals surface area contributed by atoms with Crippen molar-refractivity contribution in [2.45, 2.75) is 20.3 Å². The highest BCUT2D eigenvalue weighted by Gasteiger charge is 1.98. The predicted molar refractivity (Wildman–Crippen MR) is 79.5 cm³/mol. The van der Waals surface area contributed by atoms with Crippen LogP contribution in [0, 0.1) is 13.8 Å². The Hall–Kier alpha value is -2.10. The molecule has 0 unspecified atom stereocenters. The lowest BCUT2D eigenvalue weighted by molar-refractivity contribution is 0.903. The minimum atomic E-state index is 0.929. The molecule has 0 bridgehead atoms. The lowest BCUT2D eigenvalue weighted by atomic mass is 10.3. The fraction of sp³-hybridized carbons (Fsp3) is 0.333. The van der Waals surface area contributed by atoms with E-state index < -0.39 is 0 Å². The molecule has 2 rings (SSSR count). The third-order valence-corrected chi connectivity index (χ3v) is 3.00. The van der Waals surface area contributed by atoms with Crippen molar-refractivity contribution in [3.8, 4) is 0 Å². The normalized spacial score (nSPS) is 10.2. The Morgan fingerprint density at radius 2 is 1.32 bits per heavy atom. The molecule has 100 valence electrons. The van der Waals surface area contributed by atoms with Crippen LogP contribution in [0.25, 0.3) is 0 Å². The van der Waals surface area contributed by atoms with E-state index in [0.29, 0.717) is 0 Å². The number of rotatable bonds is 6. The van der Waals surface area contributed by atoms with Crippen molar-refractivity contribution >= 4 is 11.4 Å². The Balaban J connectivity index is 1.71. The largest absolute Gasteiger partial charge is 0.384 e. The van der Waals surface area contributed by atoms with Gasteiger partial charge >= 0.3 is 0 Å². The second-order valence-electron chi connectivity index (χ2n) is 4.48. The van der Waals surface area contributed by atoms with Gasteiger partial charge in [0.2, 0.25) is 0 Å². The molecule has 0 saturated heterocycles. The molecular weight excluding hydrogens is 236 g/mol. The maximum absolute atomic E-state index is 4.25. The van der Waals surface area contributed by atoms with Crippen molar-refractivity contribution in [2.24, 2.45) is 0 Å². The molecule has 4 nitrogen and oxygen atoms in total. The molecule has 4 heteroatoms. The Bertz CT molecular complexity index is 478. The zero-order valence-electron chi connectivity index (χ0n) is 11.5. The number of nitrogens with zero attached hydrogens (tertiary/aromatic N) is 2.